The molecule has 6 nitrogen and oxygen atoms in total. The molecule has 0 N–H and O–H groups in total. The van der Waals surface area contributed by atoms with Crippen molar-refractivity contribution < 1.29 is 27.1 Å². The second kappa shape index (κ2) is 7.71. The van der Waals surface area contributed by atoms with Gasteiger partial charge in [0, 0.05) is 0 Å². The summed E-state index contributed by atoms with van der Waals surface area (Å²) in [6.07, 6.45) is 0. The monoisotopic (exact) mass is 387 g/mol. The number of hydrogen-bond acceptors (Lipinski definition) is 5. The van der Waals surface area contributed by atoms with Crippen molar-refractivity contribution in [1.29, 1.82) is 0 Å². The normalized spacial score (nSPS) is 11.0. The van der Waals surface area contributed by atoms with Gasteiger partial charge in [0.1, 0.15) is 6.54 Å². The number of anilines is 1. The number of methoxy groups -OCH3 is 2. The highest BCUT2D eigenvalue weighted by atomic mass is 35.5. The van der Waals surface area contributed by atoms with E-state index in [9.17, 15) is 17.6 Å². The van der Waals surface area contributed by atoms with Gasteiger partial charge < -0.3 is 9.47 Å². The first-order valence-electron chi connectivity index (χ1n) is 6.99. The minimum atomic E-state index is -4.28. The second-order valence-electron chi connectivity index (χ2n) is 4.84. The minimum Gasteiger partial charge on any atom is -0.494 e. The van der Waals surface area contributed by atoms with E-state index in [0.29, 0.717) is 0 Å². The molecule has 0 atom stereocenters. The molecule has 0 aromatic heterocycles. The first-order valence-corrected chi connectivity index (χ1v) is 8.80. The number of nitrogens with zero attached hydrogens (tertiary/aromatic N) is 1. The molecule has 0 unspecified atom stereocenters. The summed E-state index contributed by atoms with van der Waals surface area (Å²) >= 11 is 6.07. The maximum atomic E-state index is 13.9. The van der Waals surface area contributed by atoms with E-state index in [1.807, 2.05) is 0 Å². The Morgan fingerprint density at radius 3 is 2.44 bits per heavy atom. The molecule has 2 rings (SSSR count). The predicted octanol–water partition coefficient (Wildman–Crippen LogP) is 2.86. The van der Waals surface area contributed by atoms with E-state index in [2.05, 4.69) is 4.74 Å². The van der Waals surface area contributed by atoms with Crippen molar-refractivity contribution >= 4 is 33.3 Å². The summed E-state index contributed by atoms with van der Waals surface area (Å²) in [5.41, 5.74) is 0.0748. The average molecular weight is 388 g/mol. The molecule has 2 aromatic rings. The Morgan fingerprint density at radius 1 is 1.20 bits per heavy atom. The SMILES string of the molecule is COC(=O)CN(c1ccccc1Cl)S(=O)(=O)c1ccc(OC)c(F)c1. The van der Waals surface area contributed by atoms with Crippen LogP contribution in [0, 0.1) is 5.82 Å². The largest absolute Gasteiger partial charge is 0.494 e. The fraction of sp³-hybridized carbons (Fsp3) is 0.188. The van der Waals surface area contributed by atoms with Gasteiger partial charge in [-0.1, -0.05) is 23.7 Å². The van der Waals surface area contributed by atoms with Crippen LogP contribution in [0.1, 0.15) is 0 Å². The standard InChI is InChI=1S/C16H15ClFNO5S/c1-23-15-8-7-11(9-13(15)18)25(21,22)19(10-16(20)24-2)14-6-4-3-5-12(14)17/h3-9H,10H2,1-2H3. The predicted molar refractivity (Wildman–Crippen MR) is 91.0 cm³/mol. The van der Waals surface area contributed by atoms with Crippen LogP contribution >= 0.6 is 11.6 Å². The molecule has 2 aromatic carbocycles. The fourth-order valence-electron chi connectivity index (χ4n) is 2.07. The number of carbonyl (C=O) groups is 1. The molecule has 0 spiro atoms. The number of hydrogen-bond donors (Lipinski definition) is 0. The van der Waals surface area contributed by atoms with E-state index < -0.39 is 28.4 Å². The van der Waals surface area contributed by atoms with E-state index in [0.717, 1.165) is 17.5 Å². The lowest BCUT2D eigenvalue weighted by Gasteiger charge is -2.24. The highest BCUT2D eigenvalue weighted by Crippen LogP contribution is 2.31. The molecule has 9 heteroatoms. The van der Waals surface area contributed by atoms with Gasteiger partial charge in [-0.05, 0) is 30.3 Å². The Kier molecular flexibility index (Phi) is 5.86. The summed E-state index contributed by atoms with van der Waals surface area (Å²) in [5, 5.41) is 0.115. The number of para-hydroxylation sites is 1. The van der Waals surface area contributed by atoms with Gasteiger partial charge in [0.25, 0.3) is 10.0 Å². The Hall–Kier alpha value is -2.32. The van der Waals surface area contributed by atoms with Crippen molar-refractivity contribution in [1.82, 2.24) is 0 Å². The van der Waals surface area contributed by atoms with Crippen molar-refractivity contribution in [3.05, 3.63) is 53.3 Å². The molecule has 0 aliphatic carbocycles. The van der Waals surface area contributed by atoms with Crippen LogP contribution in [-0.2, 0) is 19.6 Å². The highest BCUT2D eigenvalue weighted by Gasteiger charge is 2.29. The Morgan fingerprint density at radius 2 is 1.88 bits per heavy atom. The lowest BCUT2D eigenvalue weighted by atomic mass is 10.3. The first kappa shape index (κ1) is 19.0. The van der Waals surface area contributed by atoms with Gasteiger partial charge in [-0.2, -0.15) is 0 Å². The van der Waals surface area contributed by atoms with Crippen LogP contribution in [0.2, 0.25) is 5.02 Å². The third-order valence-electron chi connectivity index (χ3n) is 3.33. The highest BCUT2D eigenvalue weighted by molar-refractivity contribution is 7.92. The van der Waals surface area contributed by atoms with Crippen molar-refractivity contribution in [3.8, 4) is 5.75 Å². The van der Waals surface area contributed by atoms with E-state index in [1.165, 1.54) is 31.4 Å². The van der Waals surface area contributed by atoms with Gasteiger partial charge >= 0.3 is 5.97 Å². The van der Waals surface area contributed by atoms with Gasteiger partial charge in [0.15, 0.2) is 11.6 Å². The fourth-order valence-corrected chi connectivity index (χ4v) is 3.80. The zero-order valence-electron chi connectivity index (χ0n) is 13.4. The van der Waals surface area contributed by atoms with Crippen LogP contribution in [0.3, 0.4) is 0 Å². The number of ether oxygens (including phenoxy) is 2. The van der Waals surface area contributed by atoms with Crippen LogP contribution in [0.25, 0.3) is 0 Å². The van der Waals surface area contributed by atoms with Gasteiger partial charge in [-0.25, -0.2) is 12.8 Å². The molecule has 0 fully saturated rings. The number of carbonyl (C=O) groups excluding carboxylic acids is 1. The summed E-state index contributed by atoms with van der Waals surface area (Å²) in [6, 6.07) is 9.27. The number of rotatable bonds is 6. The zero-order chi connectivity index (χ0) is 18.6. The quantitative estimate of drug-likeness (QED) is 0.712. The van der Waals surface area contributed by atoms with E-state index in [-0.39, 0.29) is 21.4 Å². The van der Waals surface area contributed by atoms with Crippen LogP contribution in [0.4, 0.5) is 10.1 Å². The Bertz CT molecular complexity index is 888. The van der Waals surface area contributed by atoms with Gasteiger partial charge in [-0.15, -0.1) is 0 Å². The molecular weight excluding hydrogens is 373 g/mol. The number of halogens is 2. The minimum absolute atomic E-state index is 0.0748. The molecule has 0 saturated heterocycles. The molecule has 0 amide bonds. The lowest BCUT2D eigenvalue weighted by Crippen LogP contribution is -2.36. The molecule has 0 radical (unpaired) electrons. The maximum absolute atomic E-state index is 13.9. The summed E-state index contributed by atoms with van der Waals surface area (Å²) in [7, 11) is -1.88. The summed E-state index contributed by atoms with van der Waals surface area (Å²) in [5.74, 6) is -1.74. The molecule has 0 heterocycles. The van der Waals surface area contributed by atoms with Gasteiger partial charge in [0.2, 0.25) is 0 Å². The summed E-state index contributed by atoms with van der Waals surface area (Å²) < 4.78 is 49.9. The van der Waals surface area contributed by atoms with Crippen molar-refractivity contribution in [2.75, 3.05) is 25.1 Å². The molecule has 134 valence electrons. The van der Waals surface area contributed by atoms with Crippen LogP contribution in [0.15, 0.2) is 47.4 Å². The van der Waals surface area contributed by atoms with E-state index in [4.69, 9.17) is 16.3 Å². The Balaban J connectivity index is 2.57. The van der Waals surface area contributed by atoms with Crippen molar-refractivity contribution in [2.45, 2.75) is 4.90 Å². The lowest BCUT2D eigenvalue weighted by molar-refractivity contribution is -0.138. The van der Waals surface area contributed by atoms with Crippen molar-refractivity contribution in [3.63, 3.8) is 0 Å². The van der Waals surface area contributed by atoms with E-state index >= 15 is 0 Å². The van der Waals surface area contributed by atoms with Crippen LogP contribution < -0.4 is 9.04 Å². The molecule has 0 aliphatic heterocycles. The number of sulfonamides is 1. The first-order chi connectivity index (χ1) is 11.8. The molecule has 25 heavy (non-hydrogen) atoms. The topological polar surface area (TPSA) is 72.9 Å². The molecule has 0 saturated carbocycles. The smallest absolute Gasteiger partial charge is 0.326 e. The van der Waals surface area contributed by atoms with Gasteiger partial charge in [0.05, 0.1) is 29.8 Å². The number of esters is 1. The second-order valence-corrected chi connectivity index (χ2v) is 7.11. The third kappa shape index (κ3) is 4.02. The summed E-state index contributed by atoms with van der Waals surface area (Å²) in [4.78, 5) is 11.3. The average Bonchev–Trinajstić information content (AvgIpc) is 2.60. The molecular formula is C16H15ClFNO5S. The van der Waals surface area contributed by atoms with Crippen LogP contribution in [-0.4, -0.2) is 35.2 Å². The third-order valence-corrected chi connectivity index (χ3v) is 5.41. The maximum Gasteiger partial charge on any atom is 0.326 e. The van der Waals surface area contributed by atoms with Gasteiger partial charge in [-0.3, -0.25) is 9.10 Å². The zero-order valence-corrected chi connectivity index (χ0v) is 15.0. The van der Waals surface area contributed by atoms with Crippen molar-refractivity contribution in [2.24, 2.45) is 0 Å². The van der Waals surface area contributed by atoms with E-state index in [1.54, 1.807) is 12.1 Å². The van der Waals surface area contributed by atoms with Crippen LogP contribution in [0.5, 0.6) is 5.75 Å². The molecule has 0 bridgehead atoms. The number of benzene rings is 2. The summed E-state index contributed by atoms with van der Waals surface area (Å²) in [6.45, 7) is -0.615. The molecule has 0 aliphatic rings. The Labute approximate surface area is 149 Å².